The number of nitrogens with one attached hydrogen (secondary N) is 1. The van der Waals surface area contributed by atoms with Gasteiger partial charge in [-0.25, -0.2) is 0 Å². The van der Waals surface area contributed by atoms with Crippen LogP contribution in [0.25, 0.3) is 22.0 Å². The molecule has 2 aromatic carbocycles. The molecule has 0 saturated carbocycles. The van der Waals surface area contributed by atoms with Gasteiger partial charge in [0, 0.05) is 43.2 Å². The topological polar surface area (TPSA) is 62.3 Å². The van der Waals surface area contributed by atoms with Gasteiger partial charge in [-0.05, 0) is 48.2 Å². The van der Waals surface area contributed by atoms with Crippen molar-refractivity contribution in [1.82, 2.24) is 15.2 Å². The minimum absolute atomic E-state index is 0.0844. The second-order valence-electron chi connectivity index (χ2n) is 7.05. The van der Waals surface area contributed by atoms with Gasteiger partial charge >= 0.3 is 0 Å². The molecule has 0 bridgehead atoms. The van der Waals surface area contributed by atoms with E-state index in [2.05, 4.69) is 16.4 Å². The number of likely N-dealkylation sites (tertiary alicyclic amines) is 1. The van der Waals surface area contributed by atoms with Crippen LogP contribution in [-0.2, 0) is 4.79 Å². The van der Waals surface area contributed by atoms with Crippen LogP contribution in [0.5, 0.6) is 0 Å². The number of hydrogen-bond acceptors (Lipinski definition) is 3. The van der Waals surface area contributed by atoms with E-state index in [0.29, 0.717) is 25.1 Å². The maximum Gasteiger partial charge on any atom is 0.251 e. The zero-order chi connectivity index (χ0) is 19.3. The lowest BCUT2D eigenvalue weighted by Gasteiger charge is -2.15. The summed E-state index contributed by atoms with van der Waals surface area (Å²) in [4.78, 5) is 30.2. The molecule has 0 spiro atoms. The molecule has 1 aromatic heterocycles. The zero-order valence-electron chi connectivity index (χ0n) is 15.7. The first-order chi connectivity index (χ1) is 13.7. The second-order valence-corrected chi connectivity index (χ2v) is 7.05. The third-order valence-corrected chi connectivity index (χ3v) is 5.17. The van der Waals surface area contributed by atoms with Gasteiger partial charge in [-0.1, -0.05) is 30.3 Å². The molecule has 1 N–H and O–H groups in total. The second kappa shape index (κ2) is 8.21. The number of amides is 2. The summed E-state index contributed by atoms with van der Waals surface area (Å²) in [7, 11) is 0. The van der Waals surface area contributed by atoms with E-state index < -0.39 is 0 Å². The van der Waals surface area contributed by atoms with Crippen molar-refractivity contribution in [2.75, 3.05) is 19.6 Å². The fourth-order valence-corrected chi connectivity index (χ4v) is 3.66. The molecule has 1 fully saturated rings. The Kier molecular flexibility index (Phi) is 5.33. The third-order valence-electron chi connectivity index (χ3n) is 5.17. The molecule has 1 aliphatic heterocycles. The third kappa shape index (κ3) is 3.88. The van der Waals surface area contributed by atoms with Gasteiger partial charge in [-0.3, -0.25) is 14.6 Å². The molecule has 0 aliphatic carbocycles. The van der Waals surface area contributed by atoms with Crippen LogP contribution in [0.15, 0.2) is 60.8 Å². The van der Waals surface area contributed by atoms with E-state index >= 15 is 0 Å². The number of fused-ring (bicyclic) bond motifs is 1. The van der Waals surface area contributed by atoms with Crippen molar-refractivity contribution < 1.29 is 9.59 Å². The Bertz CT molecular complexity index is 993. The summed E-state index contributed by atoms with van der Waals surface area (Å²) in [6.07, 6.45) is 4.19. The average Bonchev–Trinajstić information content (AvgIpc) is 3.15. The van der Waals surface area contributed by atoms with Gasteiger partial charge in [-0.15, -0.1) is 0 Å². The first-order valence-electron chi connectivity index (χ1n) is 9.72. The van der Waals surface area contributed by atoms with Crippen molar-refractivity contribution in [3.8, 4) is 11.1 Å². The Morgan fingerprint density at radius 3 is 2.68 bits per heavy atom. The summed E-state index contributed by atoms with van der Waals surface area (Å²) >= 11 is 0. The summed E-state index contributed by atoms with van der Waals surface area (Å²) in [5.74, 6) is 0.143. The molecule has 142 valence electrons. The average molecular weight is 373 g/mol. The molecule has 0 unspecified atom stereocenters. The highest BCUT2D eigenvalue weighted by atomic mass is 16.2. The van der Waals surface area contributed by atoms with E-state index in [4.69, 9.17) is 0 Å². The summed E-state index contributed by atoms with van der Waals surface area (Å²) in [5, 5.41) is 4.04. The van der Waals surface area contributed by atoms with Crippen LogP contribution >= 0.6 is 0 Å². The molecule has 5 nitrogen and oxygen atoms in total. The van der Waals surface area contributed by atoms with Crippen molar-refractivity contribution in [3.63, 3.8) is 0 Å². The Hall–Kier alpha value is -3.21. The lowest BCUT2D eigenvalue weighted by Crippen LogP contribution is -2.30. The normalized spacial score (nSPS) is 13.9. The van der Waals surface area contributed by atoms with E-state index in [9.17, 15) is 9.59 Å². The van der Waals surface area contributed by atoms with Gasteiger partial charge in [0.15, 0.2) is 0 Å². The van der Waals surface area contributed by atoms with Gasteiger partial charge in [0.05, 0.1) is 5.52 Å². The lowest BCUT2D eigenvalue weighted by atomic mass is 10.00. The molecular weight excluding hydrogens is 350 g/mol. The van der Waals surface area contributed by atoms with Gasteiger partial charge in [0.1, 0.15) is 0 Å². The van der Waals surface area contributed by atoms with Crippen molar-refractivity contribution in [2.24, 2.45) is 0 Å². The predicted octanol–water partition coefficient (Wildman–Crippen LogP) is 3.64. The van der Waals surface area contributed by atoms with Crippen molar-refractivity contribution in [2.45, 2.75) is 19.3 Å². The molecule has 2 amide bonds. The van der Waals surface area contributed by atoms with Crippen molar-refractivity contribution in [3.05, 3.63) is 66.4 Å². The molecule has 2 heterocycles. The van der Waals surface area contributed by atoms with Crippen LogP contribution in [0.4, 0.5) is 0 Å². The highest BCUT2D eigenvalue weighted by molar-refractivity contribution is 5.97. The van der Waals surface area contributed by atoms with Crippen LogP contribution in [0, 0.1) is 0 Å². The summed E-state index contributed by atoms with van der Waals surface area (Å²) in [5.41, 5.74) is 3.76. The largest absolute Gasteiger partial charge is 0.352 e. The maximum atomic E-state index is 12.4. The molecule has 28 heavy (non-hydrogen) atoms. The van der Waals surface area contributed by atoms with Crippen LogP contribution in [-0.4, -0.2) is 41.3 Å². The first-order valence-corrected chi connectivity index (χ1v) is 9.72. The Labute approximate surface area is 164 Å². The summed E-state index contributed by atoms with van der Waals surface area (Å²) in [6.45, 7) is 2.13. The molecule has 0 atom stereocenters. The number of carbonyl (C=O) groups is 2. The van der Waals surface area contributed by atoms with E-state index in [0.717, 1.165) is 41.4 Å². The number of nitrogens with zero attached hydrogens (tertiary/aromatic N) is 2. The molecule has 3 aromatic rings. The smallest absolute Gasteiger partial charge is 0.251 e. The standard InChI is InChI=1S/C23H23N3O2/c27-22-7-3-15-26(22)16-4-13-25-23(28)18-10-8-17(9-11-18)19-12-14-24-21-6-2-1-5-20(19)21/h1-2,5-6,8-12,14H,3-4,7,13,15-16H2,(H,25,28). The molecular formula is C23H23N3O2. The Morgan fingerprint density at radius 2 is 1.89 bits per heavy atom. The van der Waals surface area contributed by atoms with Crippen LogP contribution in [0.2, 0.25) is 0 Å². The first kappa shape index (κ1) is 18.2. The highest BCUT2D eigenvalue weighted by Gasteiger charge is 2.19. The predicted molar refractivity (Wildman–Crippen MR) is 110 cm³/mol. The molecule has 5 heteroatoms. The quantitative estimate of drug-likeness (QED) is 0.671. The number of carbonyl (C=O) groups excluding carboxylic acids is 2. The Morgan fingerprint density at radius 1 is 1.07 bits per heavy atom. The fraction of sp³-hybridized carbons (Fsp3) is 0.261. The van der Waals surface area contributed by atoms with Crippen LogP contribution in [0.3, 0.4) is 0 Å². The number of benzene rings is 2. The van der Waals surface area contributed by atoms with Crippen LogP contribution < -0.4 is 5.32 Å². The van der Waals surface area contributed by atoms with E-state index in [1.807, 2.05) is 59.6 Å². The van der Waals surface area contributed by atoms with Crippen molar-refractivity contribution in [1.29, 1.82) is 0 Å². The van der Waals surface area contributed by atoms with Crippen LogP contribution in [0.1, 0.15) is 29.6 Å². The monoisotopic (exact) mass is 373 g/mol. The number of pyridine rings is 1. The van der Waals surface area contributed by atoms with Gasteiger partial charge < -0.3 is 10.2 Å². The van der Waals surface area contributed by atoms with E-state index in [1.54, 1.807) is 0 Å². The highest BCUT2D eigenvalue weighted by Crippen LogP contribution is 2.27. The fourth-order valence-electron chi connectivity index (χ4n) is 3.66. The number of hydrogen-bond donors (Lipinski definition) is 1. The molecule has 0 radical (unpaired) electrons. The number of para-hydroxylation sites is 1. The zero-order valence-corrected chi connectivity index (χ0v) is 15.7. The Balaban J connectivity index is 1.37. The molecule has 1 saturated heterocycles. The summed E-state index contributed by atoms with van der Waals surface area (Å²) in [6, 6.07) is 17.7. The molecule has 4 rings (SSSR count). The summed E-state index contributed by atoms with van der Waals surface area (Å²) < 4.78 is 0. The van der Waals surface area contributed by atoms with Crippen molar-refractivity contribution >= 4 is 22.7 Å². The molecule has 1 aliphatic rings. The minimum Gasteiger partial charge on any atom is -0.352 e. The number of rotatable bonds is 6. The van der Waals surface area contributed by atoms with Gasteiger partial charge in [0.2, 0.25) is 5.91 Å². The number of aromatic nitrogens is 1. The van der Waals surface area contributed by atoms with Gasteiger partial charge in [-0.2, -0.15) is 0 Å². The van der Waals surface area contributed by atoms with E-state index in [1.165, 1.54) is 0 Å². The minimum atomic E-state index is -0.0844. The van der Waals surface area contributed by atoms with E-state index in [-0.39, 0.29) is 11.8 Å². The van der Waals surface area contributed by atoms with Gasteiger partial charge in [0.25, 0.3) is 5.91 Å². The SMILES string of the molecule is O=C(NCCCN1CCCC1=O)c1ccc(-c2ccnc3ccccc23)cc1. The lowest BCUT2D eigenvalue weighted by molar-refractivity contribution is -0.127. The maximum absolute atomic E-state index is 12.4.